The van der Waals surface area contributed by atoms with Crippen LogP contribution in [0.5, 0.6) is 0 Å². The molecule has 4 atom stereocenters. The van der Waals surface area contributed by atoms with Gasteiger partial charge in [-0.25, -0.2) is 9.78 Å². The van der Waals surface area contributed by atoms with Crippen LogP contribution < -0.4 is 39.3 Å². The molecule has 14 N–H and O–H groups in total. The Labute approximate surface area is 231 Å². The molecule has 2 heterocycles. The Morgan fingerprint density at radius 3 is 2.27 bits per heavy atom. The van der Waals surface area contributed by atoms with E-state index in [1.807, 2.05) is 0 Å². The number of aromatic nitrogens is 2. The highest BCUT2D eigenvalue weighted by Crippen LogP contribution is 2.19. The molecule has 0 radical (unpaired) electrons. The fourth-order valence-corrected chi connectivity index (χ4v) is 4.29. The lowest BCUT2D eigenvalue weighted by Gasteiger charge is -2.28. The van der Waals surface area contributed by atoms with Gasteiger partial charge in [0.25, 0.3) is 0 Å². The van der Waals surface area contributed by atoms with Crippen LogP contribution >= 0.6 is 0 Å². The molecular formula is C23H40N12O5. The van der Waals surface area contributed by atoms with Crippen LogP contribution in [0.2, 0.25) is 0 Å². The minimum absolute atomic E-state index is 0.0168. The smallest absolute Gasteiger partial charge is 0.326 e. The highest BCUT2D eigenvalue weighted by atomic mass is 16.4. The van der Waals surface area contributed by atoms with E-state index in [4.69, 9.17) is 28.7 Å². The summed E-state index contributed by atoms with van der Waals surface area (Å²) in [4.78, 5) is 67.1. The number of aliphatic imine (C=N–C) groups is 2. The van der Waals surface area contributed by atoms with Gasteiger partial charge in [-0.2, -0.15) is 0 Å². The van der Waals surface area contributed by atoms with Crippen molar-refractivity contribution in [1.82, 2.24) is 25.5 Å². The van der Waals surface area contributed by atoms with E-state index in [1.54, 1.807) is 0 Å². The maximum Gasteiger partial charge on any atom is 0.326 e. The number of amides is 3. The summed E-state index contributed by atoms with van der Waals surface area (Å²) in [6, 6.07) is -4.05. The standard InChI is InChI=1S/C23H40N12O5/c24-14(4-1-7-30-22(25)26)20(38)35-9-3-6-17(35)19(37)34-16(10-13-11-29-12-32-13)18(36)33-15(21(39)40)5-2-8-31-23(27)28/h11-12,14-17H,1-10,24H2,(H,29,32)(H,33,36)(H,34,37)(H,39,40)(H4,25,26,30)(H4,27,28,31). The molecule has 0 aliphatic carbocycles. The van der Waals surface area contributed by atoms with Crippen LogP contribution in [-0.4, -0.2) is 99.4 Å². The molecule has 1 aromatic rings. The van der Waals surface area contributed by atoms with E-state index >= 15 is 0 Å². The molecule has 1 aliphatic heterocycles. The van der Waals surface area contributed by atoms with Crippen molar-refractivity contribution in [2.24, 2.45) is 38.7 Å². The third-order valence-electron chi connectivity index (χ3n) is 6.30. The fraction of sp³-hybridized carbons (Fsp3) is 0.609. The second-order valence-corrected chi connectivity index (χ2v) is 9.44. The van der Waals surface area contributed by atoms with Gasteiger partial charge >= 0.3 is 5.97 Å². The number of aromatic amines is 1. The Morgan fingerprint density at radius 2 is 1.70 bits per heavy atom. The third kappa shape index (κ3) is 10.4. The van der Waals surface area contributed by atoms with Gasteiger partial charge in [0.2, 0.25) is 17.7 Å². The van der Waals surface area contributed by atoms with Gasteiger partial charge in [0.1, 0.15) is 18.1 Å². The zero-order valence-corrected chi connectivity index (χ0v) is 22.3. The average molecular weight is 565 g/mol. The van der Waals surface area contributed by atoms with Crippen molar-refractivity contribution in [1.29, 1.82) is 0 Å². The van der Waals surface area contributed by atoms with Crippen molar-refractivity contribution in [2.75, 3.05) is 19.6 Å². The number of H-pyrrole nitrogens is 1. The van der Waals surface area contributed by atoms with Gasteiger partial charge < -0.3 is 54.3 Å². The number of carbonyl (C=O) groups excluding carboxylic acids is 3. The van der Waals surface area contributed by atoms with Crippen LogP contribution in [0, 0.1) is 0 Å². The summed E-state index contributed by atoms with van der Waals surface area (Å²) in [5.74, 6) is -3.05. The number of likely N-dealkylation sites (tertiary alicyclic amines) is 1. The van der Waals surface area contributed by atoms with Crippen LogP contribution in [-0.2, 0) is 25.6 Å². The fourth-order valence-electron chi connectivity index (χ4n) is 4.29. The molecule has 0 spiro atoms. The Kier molecular flexibility index (Phi) is 12.6. The van der Waals surface area contributed by atoms with E-state index in [1.165, 1.54) is 17.4 Å². The van der Waals surface area contributed by atoms with Crippen molar-refractivity contribution >= 4 is 35.6 Å². The van der Waals surface area contributed by atoms with E-state index in [2.05, 4.69) is 30.6 Å². The average Bonchev–Trinajstić information content (AvgIpc) is 3.59. The van der Waals surface area contributed by atoms with Gasteiger partial charge in [-0.3, -0.25) is 24.4 Å². The Balaban J connectivity index is 2.07. The van der Waals surface area contributed by atoms with Gasteiger partial charge in [0.05, 0.1) is 12.4 Å². The molecule has 3 amide bonds. The molecule has 17 heteroatoms. The van der Waals surface area contributed by atoms with Crippen LogP contribution in [0.4, 0.5) is 0 Å². The molecular weight excluding hydrogens is 524 g/mol. The van der Waals surface area contributed by atoms with Crippen molar-refractivity contribution in [3.63, 3.8) is 0 Å². The molecule has 1 aliphatic rings. The Hall–Kier alpha value is -4.41. The first-order valence-electron chi connectivity index (χ1n) is 13.0. The maximum absolute atomic E-state index is 13.3. The van der Waals surface area contributed by atoms with E-state index in [9.17, 15) is 24.3 Å². The number of carboxylic acid groups (broad SMARTS) is 1. The largest absolute Gasteiger partial charge is 0.480 e. The lowest BCUT2D eigenvalue weighted by molar-refractivity contribution is -0.143. The van der Waals surface area contributed by atoms with Gasteiger partial charge in [-0.1, -0.05) is 0 Å². The minimum atomic E-state index is -1.24. The van der Waals surface area contributed by atoms with Crippen LogP contribution in [0.15, 0.2) is 22.5 Å². The number of nitrogens with one attached hydrogen (secondary N) is 3. The van der Waals surface area contributed by atoms with Gasteiger partial charge in [0, 0.05) is 37.9 Å². The predicted octanol–water partition coefficient (Wildman–Crippen LogP) is -3.57. The number of hydrogen-bond donors (Lipinski definition) is 9. The molecule has 2 rings (SSSR count). The molecule has 0 bridgehead atoms. The first-order valence-corrected chi connectivity index (χ1v) is 13.0. The molecule has 222 valence electrons. The van der Waals surface area contributed by atoms with Crippen molar-refractivity contribution in [3.8, 4) is 0 Å². The normalized spacial score (nSPS) is 16.8. The molecule has 1 fully saturated rings. The lowest BCUT2D eigenvalue weighted by Crippen LogP contribution is -2.57. The molecule has 40 heavy (non-hydrogen) atoms. The summed E-state index contributed by atoms with van der Waals surface area (Å²) in [5, 5.41) is 14.8. The number of rotatable bonds is 16. The number of carboxylic acids is 1. The highest BCUT2D eigenvalue weighted by Gasteiger charge is 2.38. The van der Waals surface area contributed by atoms with Crippen LogP contribution in [0.25, 0.3) is 0 Å². The van der Waals surface area contributed by atoms with Crippen molar-refractivity contribution < 1.29 is 24.3 Å². The zero-order chi connectivity index (χ0) is 29.7. The lowest BCUT2D eigenvalue weighted by atomic mass is 10.1. The zero-order valence-electron chi connectivity index (χ0n) is 22.3. The number of nitrogens with two attached hydrogens (primary N) is 5. The molecule has 1 aromatic heterocycles. The van der Waals surface area contributed by atoms with Crippen LogP contribution in [0.1, 0.15) is 44.2 Å². The van der Waals surface area contributed by atoms with Crippen LogP contribution in [0.3, 0.4) is 0 Å². The summed E-state index contributed by atoms with van der Waals surface area (Å²) in [7, 11) is 0. The van der Waals surface area contributed by atoms with E-state index < -0.39 is 42.0 Å². The van der Waals surface area contributed by atoms with Crippen molar-refractivity contribution in [3.05, 3.63) is 18.2 Å². The number of carbonyl (C=O) groups is 4. The SMILES string of the molecule is NC(N)=NCCCC(N)C(=O)N1CCCC1C(=O)NC(Cc1cnc[nH]1)C(=O)NC(CCCN=C(N)N)C(=O)O. The number of nitrogens with zero attached hydrogens (tertiary/aromatic N) is 4. The quantitative estimate of drug-likeness (QED) is 0.0537. The van der Waals surface area contributed by atoms with E-state index in [0.29, 0.717) is 50.9 Å². The number of guanidine groups is 2. The second-order valence-electron chi connectivity index (χ2n) is 9.44. The molecule has 0 aromatic carbocycles. The predicted molar refractivity (Wildman–Crippen MR) is 146 cm³/mol. The van der Waals surface area contributed by atoms with E-state index in [-0.39, 0.29) is 37.2 Å². The summed E-state index contributed by atoms with van der Waals surface area (Å²) in [6.45, 7) is 0.855. The maximum atomic E-state index is 13.3. The first kappa shape index (κ1) is 31.8. The summed E-state index contributed by atoms with van der Waals surface area (Å²) < 4.78 is 0. The topological polar surface area (TPSA) is 299 Å². The molecule has 17 nitrogen and oxygen atoms in total. The van der Waals surface area contributed by atoms with Gasteiger partial charge in [-0.15, -0.1) is 0 Å². The second kappa shape index (κ2) is 15.9. The first-order chi connectivity index (χ1) is 19.0. The van der Waals surface area contributed by atoms with Gasteiger partial charge in [-0.05, 0) is 38.5 Å². The molecule has 0 saturated carbocycles. The number of hydrogen-bond acceptors (Lipinski definition) is 8. The summed E-state index contributed by atoms with van der Waals surface area (Å²) in [6.07, 6.45) is 5.07. The Morgan fingerprint density at radius 1 is 1.05 bits per heavy atom. The van der Waals surface area contributed by atoms with E-state index in [0.717, 1.165) is 0 Å². The summed E-state index contributed by atoms with van der Waals surface area (Å²) in [5.41, 5.74) is 27.8. The third-order valence-corrected chi connectivity index (χ3v) is 6.30. The highest BCUT2D eigenvalue weighted by molar-refractivity contribution is 5.94. The molecule has 4 unspecified atom stereocenters. The minimum Gasteiger partial charge on any atom is -0.480 e. The number of aliphatic carboxylic acids is 1. The number of imidazole rings is 1. The molecule has 1 saturated heterocycles. The van der Waals surface area contributed by atoms with Crippen molar-refractivity contribution in [2.45, 2.75) is 69.1 Å². The van der Waals surface area contributed by atoms with Gasteiger partial charge in [0.15, 0.2) is 11.9 Å². The summed E-state index contributed by atoms with van der Waals surface area (Å²) >= 11 is 0. The Bertz CT molecular complexity index is 1050. The monoisotopic (exact) mass is 564 g/mol.